The summed E-state index contributed by atoms with van der Waals surface area (Å²) in [7, 11) is 0. The van der Waals surface area contributed by atoms with E-state index in [1.54, 1.807) is 36.4 Å². The van der Waals surface area contributed by atoms with Crippen LogP contribution in [0.3, 0.4) is 0 Å². The van der Waals surface area contributed by atoms with E-state index in [2.05, 4.69) is 31.4 Å². The van der Waals surface area contributed by atoms with Crippen LogP contribution in [0.5, 0.6) is 11.5 Å². The highest BCUT2D eigenvalue weighted by Gasteiger charge is 2.65. The molecule has 53 heavy (non-hydrogen) atoms. The van der Waals surface area contributed by atoms with Crippen LogP contribution in [0.15, 0.2) is 84.6 Å². The predicted octanol–water partition coefficient (Wildman–Crippen LogP) is 7.33. The highest BCUT2D eigenvalue weighted by atomic mass is 16.7. The van der Waals surface area contributed by atoms with Crippen LogP contribution >= 0.6 is 0 Å². The van der Waals surface area contributed by atoms with Crippen molar-refractivity contribution in [2.24, 2.45) is 22.9 Å². The Morgan fingerprint density at radius 2 is 1.79 bits per heavy atom. The fourth-order valence-electron chi connectivity index (χ4n) is 8.53. The van der Waals surface area contributed by atoms with Gasteiger partial charge in [-0.25, -0.2) is 0 Å². The van der Waals surface area contributed by atoms with E-state index in [9.17, 15) is 20.3 Å². The monoisotopic (exact) mass is 725 g/mol. The molecule has 1 fully saturated rings. The molecule has 1 heterocycles. The Morgan fingerprint density at radius 1 is 1.06 bits per heavy atom. The number of aliphatic hydroxyl groups is 2. The highest BCUT2D eigenvalue weighted by Crippen LogP contribution is 2.62. The number of hydrogen-bond donors (Lipinski definition) is 2. The third kappa shape index (κ3) is 8.54. The average molecular weight is 726 g/mol. The van der Waals surface area contributed by atoms with Crippen molar-refractivity contribution in [1.82, 2.24) is 4.90 Å². The quantitative estimate of drug-likeness (QED) is 0.0824. The van der Waals surface area contributed by atoms with Crippen LogP contribution in [0.25, 0.3) is 0 Å². The number of nitriles is 1. The molecule has 10 heteroatoms. The first kappa shape index (κ1) is 39.8. The molecular weight excluding hydrogens is 670 g/mol. The first-order chi connectivity index (χ1) is 25.9. The Balaban J connectivity index is 1.78. The van der Waals surface area contributed by atoms with Crippen LogP contribution in [0.2, 0.25) is 0 Å². The molecule has 2 aromatic carbocycles. The number of benzene rings is 2. The Kier molecular flexibility index (Phi) is 14.3. The molecule has 0 aromatic heterocycles. The molecule has 2 N–H and O–H groups in total. The number of fused-ring (bicyclic) bond motifs is 2. The molecule has 284 valence electrons. The first-order valence-corrected chi connectivity index (χ1v) is 19.2. The second kappa shape index (κ2) is 19.1. The van der Waals surface area contributed by atoms with Crippen LogP contribution < -0.4 is 9.47 Å². The molecule has 2 aliphatic carbocycles. The molecule has 6 unspecified atom stereocenters. The van der Waals surface area contributed by atoms with E-state index in [0.717, 1.165) is 42.5 Å². The summed E-state index contributed by atoms with van der Waals surface area (Å²) in [6.45, 7) is 13.3. The molecule has 0 radical (unpaired) electrons. The van der Waals surface area contributed by atoms with Crippen molar-refractivity contribution in [2.75, 3.05) is 39.6 Å². The Hall–Kier alpha value is -4.43. The van der Waals surface area contributed by atoms with Gasteiger partial charge in [0.2, 0.25) is 5.79 Å². The second-order valence-electron chi connectivity index (χ2n) is 14.0. The van der Waals surface area contributed by atoms with Gasteiger partial charge in [-0.1, -0.05) is 49.7 Å². The van der Waals surface area contributed by atoms with Crippen molar-refractivity contribution in [1.29, 1.82) is 5.26 Å². The van der Waals surface area contributed by atoms with Crippen molar-refractivity contribution >= 4 is 11.6 Å². The van der Waals surface area contributed by atoms with Crippen LogP contribution in [0.1, 0.15) is 92.6 Å². The van der Waals surface area contributed by atoms with Crippen molar-refractivity contribution < 1.29 is 34.1 Å². The van der Waals surface area contributed by atoms with Crippen LogP contribution in [-0.2, 0) is 9.57 Å². The van der Waals surface area contributed by atoms with Crippen molar-refractivity contribution in [3.05, 3.63) is 96.1 Å². The van der Waals surface area contributed by atoms with E-state index in [4.69, 9.17) is 24.2 Å². The van der Waals surface area contributed by atoms with Gasteiger partial charge in [0.05, 0.1) is 29.9 Å². The second-order valence-corrected chi connectivity index (χ2v) is 14.0. The zero-order valence-electron chi connectivity index (χ0n) is 31.3. The number of carbonyl (C=O) groups excluding carboxylic acids is 1. The van der Waals surface area contributed by atoms with Gasteiger partial charge in [-0.2, -0.15) is 5.26 Å². The van der Waals surface area contributed by atoms with Gasteiger partial charge in [0.15, 0.2) is 0 Å². The fraction of sp³-hybridized carbons (Fsp3) is 0.512. The van der Waals surface area contributed by atoms with Gasteiger partial charge in [0.1, 0.15) is 30.8 Å². The zero-order valence-corrected chi connectivity index (χ0v) is 31.3. The van der Waals surface area contributed by atoms with E-state index >= 15 is 0 Å². The fourth-order valence-corrected chi connectivity index (χ4v) is 8.53. The molecule has 1 amide bonds. The molecule has 1 saturated carbocycles. The first-order valence-electron chi connectivity index (χ1n) is 19.2. The summed E-state index contributed by atoms with van der Waals surface area (Å²) in [6, 6.07) is 14.2. The lowest BCUT2D eigenvalue weighted by Crippen LogP contribution is -2.70. The Bertz CT molecular complexity index is 1660. The van der Waals surface area contributed by atoms with E-state index in [-0.39, 0.29) is 43.5 Å². The summed E-state index contributed by atoms with van der Waals surface area (Å²) in [6.07, 6.45) is 11.5. The van der Waals surface area contributed by atoms with Gasteiger partial charge in [-0.3, -0.25) is 4.79 Å². The molecule has 2 aromatic rings. The summed E-state index contributed by atoms with van der Waals surface area (Å²) in [5, 5.41) is 33.8. The van der Waals surface area contributed by atoms with Gasteiger partial charge >= 0.3 is 0 Å². The average Bonchev–Trinajstić information content (AvgIpc) is 3.18. The molecule has 0 spiro atoms. The molecule has 6 atom stereocenters. The standard InChI is InChI=1S/C43H55N3O7/c1-5-21-46(42(49)31-17-15-30(29-44)16-18-31)39-28-37(45-52-8-4)35-26-32(13-9-11-22-47)34(14-10-12-23-48)40-36-27-33(50-24-6-2)19-20-38(36)53-43(39,41(35)40)51-25-7-3/h6-7,15-20,26-27,32,34,39-41,47-48H,2-3,5,8-14,21-25,28H2,1,4H3. The number of nitrogens with zero attached hydrogens (tertiary/aromatic N) is 3. The molecule has 5 rings (SSSR count). The van der Waals surface area contributed by atoms with Gasteiger partial charge < -0.3 is 34.2 Å². The third-order valence-corrected chi connectivity index (χ3v) is 10.7. The number of rotatable bonds is 20. The molecule has 0 saturated heterocycles. The van der Waals surface area contributed by atoms with Crippen LogP contribution in [-0.4, -0.2) is 78.1 Å². The number of hydrogen-bond acceptors (Lipinski definition) is 9. The van der Waals surface area contributed by atoms with E-state index < -0.39 is 17.7 Å². The summed E-state index contributed by atoms with van der Waals surface area (Å²) in [5.41, 5.74) is 3.68. The number of oxime groups is 1. The normalized spacial score (nSPS) is 24.8. The number of ether oxygens (including phenoxy) is 3. The molecule has 1 aliphatic heterocycles. The third-order valence-electron chi connectivity index (χ3n) is 10.7. The Morgan fingerprint density at radius 3 is 2.45 bits per heavy atom. The summed E-state index contributed by atoms with van der Waals surface area (Å²) >= 11 is 0. The minimum absolute atomic E-state index is 0.110. The molecule has 0 bridgehead atoms. The van der Waals surface area contributed by atoms with Crippen molar-refractivity contribution in [3.63, 3.8) is 0 Å². The van der Waals surface area contributed by atoms with Gasteiger partial charge in [0.25, 0.3) is 5.91 Å². The number of carbonyl (C=O) groups is 1. The van der Waals surface area contributed by atoms with E-state index in [1.165, 1.54) is 0 Å². The smallest absolute Gasteiger partial charge is 0.254 e. The summed E-state index contributed by atoms with van der Waals surface area (Å²) in [5.74, 6) is -0.459. The molecular formula is C43H55N3O7. The predicted molar refractivity (Wildman–Crippen MR) is 205 cm³/mol. The van der Waals surface area contributed by atoms with E-state index in [1.807, 2.05) is 30.9 Å². The largest absolute Gasteiger partial charge is 0.490 e. The van der Waals surface area contributed by atoms with Crippen molar-refractivity contribution in [3.8, 4) is 17.6 Å². The van der Waals surface area contributed by atoms with Gasteiger partial charge in [0, 0.05) is 43.2 Å². The number of unbranched alkanes of at least 4 members (excludes halogenated alkanes) is 2. The van der Waals surface area contributed by atoms with Crippen LogP contribution in [0, 0.1) is 29.1 Å². The minimum Gasteiger partial charge on any atom is -0.490 e. The summed E-state index contributed by atoms with van der Waals surface area (Å²) < 4.78 is 20.3. The lowest BCUT2D eigenvalue weighted by molar-refractivity contribution is -0.254. The molecule has 10 nitrogen and oxygen atoms in total. The zero-order chi connectivity index (χ0) is 37.8. The molecule has 3 aliphatic rings. The Labute approximate surface area is 314 Å². The minimum atomic E-state index is -1.34. The topological polar surface area (TPSA) is 134 Å². The number of aliphatic hydroxyl groups excluding tert-OH is 2. The highest BCUT2D eigenvalue weighted by molar-refractivity contribution is 6.03. The lowest BCUT2D eigenvalue weighted by Gasteiger charge is -2.60. The number of allylic oxidation sites excluding steroid dienone is 1. The SMILES string of the molecule is C=CCOc1ccc2c(c1)C1C(CCCCO)C(CCCCO)C=C3C(=NOCC)CC(N(CCC)C(=O)c4ccc(C#N)cc4)C(OCC=C)(O2)C31. The van der Waals surface area contributed by atoms with E-state index in [0.29, 0.717) is 68.1 Å². The van der Waals surface area contributed by atoms with Crippen LogP contribution in [0.4, 0.5) is 0 Å². The lowest BCUT2D eigenvalue weighted by atomic mass is 9.55. The maximum Gasteiger partial charge on any atom is 0.254 e. The van der Waals surface area contributed by atoms with Gasteiger partial charge in [-0.05, 0) is 98.9 Å². The number of amides is 1. The van der Waals surface area contributed by atoms with Gasteiger partial charge in [-0.15, -0.1) is 6.58 Å². The maximum absolute atomic E-state index is 14.7. The van der Waals surface area contributed by atoms with Crippen molar-refractivity contribution in [2.45, 2.75) is 83.0 Å². The maximum atomic E-state index is 14.7. The summed E-state index contributed by atoms with van der Waals surface area (Å²) in [4.78, 5) is 22.4.